The molecule has 3 N–H and O–H groups in total. The lowest BCUT2D eigenvalue weighted by atomic mass is 10.1. The molecule has 0 fully saturated rings. The van der Waals surface area contributed by atoms with Crippen molar-refractivity contribution >= 4 is 17.9 Å². The minimum absolute atomic E-state index is 0.239. The fraction of sp³-hybridized carbons (Fsp3) is 0.800. The molecule has 0 aliphatic rings. The Balaban J connectivity index is 3.95. The second-order valence-corrected chi connectivity index (χ2v) is 2.47. The summed E-state index contributed by atoms with van der Waals surface area (Å²) in [4.78, 5) is 9.96. The summed E-state index contributed by atoms with van der Waals surface area (Å²) < 4.78 is 0. The first kappa shape index (κ1) is 8.88. The molecule has 9 heavy (non-hydrogen) atoms. The molecule has 0 saturated carbocycles. The third-order valence-corrected chi connectivity index (χ3v) is 1.49. The molecule has 0 aliphatic heterocycles. The number of rotatable bonds is 3. The largest absolute Gasteiger partial charge is 0.368 e. The number of carbonyl (C=O) groups excluding carboxylic acids is 1. The van der Waals surface area contributed by atoms with Gasteiger partial charge in [-0.2, -0.15) is 0 Å². The molecule has 0 amide bonds. The van der Waals surface area contributed by atoms with Gasteiger partial charge >= 0.3 is 0 Å². The summed E-state index contributed by atoms with van der Waals surface area (Å²) in [5.74, 6) is 0. The van der Waals surface area contributed by atoms with Crippen molar-refractivity contribution in [1.29, 1.82) is 0 Å². The number of nitrogens with two attached hydrogens (primary N) is 1. The van der Waals surface area contributed by atoms with Crippen LogP contribution in [0.15, 0.2) is 0 Å². The van der Waals surface area contributed by atoms with Gasteiger partial charge in [0.1, 0.15) is 0 Å². The van der Waals surface area contributed by atoms with Gasteiger partial charge in [-0.05, 0) is 6.42 Å². The molecule has 0 saturated heterocycles. The predicted molar refractivity (Wildman–Crippen MR) is 35.1 cm³/mol. The highest BCUT2D eigenvalue weighted by Crippen LogP contribution is 2.12. The van der Waals surface area contributed by atoms with Crippen LogP contribution in [-0.4, -0.2) is 22.5 Å². The fourth-order valence-electron chi connectivity index (χ4n) is 0.374. The zero-order chi connectivity index (χ0) is 7.49. The highest BCUT2D eigenvalue weighted by Gasteiger charge is 2.29. The highest BCUT2D eigenvalue weighted by atomic mass is 35.5. The number of aldehydes is 1. The SMILES string of the molecule is CCC(N)C(O)(Cl)C=O. The van der Waals surface area contributed by atoms with Crippen LogP contribution in [0.3, 0.4) is 0 Å². The molecule has 0 radical (unpaired) electrons. The standard InChI is InChI=1S/C5H10ClNO2/c1-2-4(7)5(6,9)3-8/h3-4,9H,2,7H2,1H3. The average Bonchev–Trinajstić information content (AvgIpc) is 1.86. The van der Waals surface area contributed by atoms with Crippen LogP contribution in [0.1, 0.15) is 13.3 Å². The van der Waals surface area contributed by atoms with Crippen molar-refractivity contribution < 1.29 is 9.90 Å². The van der Waals surface area contributed by atoms with Crippen molar-refractivity contribution in [2.45, 2.75) is 24.4 Å². The lowest BCUT2D eigenvalue weighted by Crippen LogP contribution is -2.44. The van der Waals surface area contributed by atoms with Crippen LogP contribution < -0.4 is 5.73 Å². The van der Waals surface area contributed by atoms with Crippen molar-refractivity contribution in [3.05, 3.63) is 0 Å². The van der Waals surface area contributed by atoms with E-state index in [2.05, 4.69) is 0 Å². The van der Waals surface area contributed by atoms with E-state index in [1.165, 1.54) is 0 Å². The van der Waals surface area contributed by atoms with E-state index in [0.717, 1.165) is 0 Å². The van der Waals surface area contributed by atoms with E-state index in [4.69, 9.17) is 22.4 Å². The van der Waals surface area contributed by atoms with Gasteiger partial charge < -0.3 is 10.8 Å². The van der Waals surface area contributed by atoms with Gasteiger partial charge in [0.25, 0.3) is 0 Å². The van der Waals surface area contributed by atoms with Crippen LogP contribution in [0.4, 0.5) is 0 Å². The Hall–Kier alpha value is -0.120. The van der Waals surface area contributed by atoms with Crippen molar-refractivity contribution in [1.82, 2.24) is 0 Å². The topological polar surface area (TPSA) is 63.3 Å². The minimum Gasteiger partial charge on any atom is -0.368 e. The van der Waals surface area contributed by atoms with Gasteiger partial charge in [0.15, 0.2) is 6.29 Å². The number of alkyl halides is 1. The summed E-state index contributed by atoms with van der Waals surface area (Å²) in [6.07, 6.45) is 0.710. The maximum Gasteiger partial charge on any atom is 0.209 e. The zero-order valence-electron chi connectivity index (χ0n) is 5.17. The van der Waals surface area contributed by atoms with Crippen molar-refractivity contribution in [2.75, 3.05) is 0 Å². The molecule has 0 aromatic carbocycles. The Morgan fingerprint density at radius 1 is 2.00 bits per heavy atom. The Morgan fingerprint density at radius 2 is 2.44 bits per heavy atom. The second-order valence-electron chi connectivity index (χ2n) is 1.86. The Bertz CT molecular complexity index is 105. The summed E-state index contributed by atoms with van der Waals surface area (Å²) in [7, 11) is 0. The van der Waals surface area contributed by atoms with E-state index < -0.39 is 11.1 Å². The van der Waals surface area contributed by atoms with Crippen molar-refractivity contribution in [3.63, 3.8) is 0 Å². The van der Waals surface area contributed by atoms with Gasteiger partial charge in [-0.3, -0.25) is 4.79 Å². The van der Waals surface area contributed by atoms with E-state index in [-0.39, 0.29) is 6.29 Å². The molecule has 54 valence electrons. The first-order valence-electron chi connectivity index (χ1n) is 2.67. The summed E-state index contributed by atoms with van der Waals surface area (Å²) >= 11 is 5.23. The molecule has 0 rings (SSSR count). The number of halogens is 1. The smallest absolute Gasteiger partial charge is 0.209 e. The lowest BCUT2D eigenvalue weighted by molar-refractivity contribution is -0.118. The van der Waals surface area contributed by atoms with Gasteiger partial charge in [-0.1, -0.05) is 18.5 Å². The number of carbonyl (C=O) groups is 1. The second kappa shape index (κ2) is 3.15. The lowest BCUT2D eigenvalue weighted by Gasteiger charge is -2.19. The van der Waals surface area contributed by atoms with E-state index in [9.17, 15) is 4.79 Å². The first-order chi connectivity index (χ1) is 4.04. The van der Waals surface area contributed by atoms with Crippen molar-refractivity contribution in [3.8, 4) is 0 Å². The zero-order valence-corrected chi connectivity index (χ0v) is 5.93. The number of hydrogen-bond donors (Lipinski definition) is 2. The van der Waals surface area contributed by atoms with Gasteiger partial charge in [0.2, 0.25) is 5.06 Å². The van der Waals surface area contributed by atoms with Crippen LogP contribution in [0.5, 0.6) is 0 Å². The molecule has 0 bridgehead atoms. The van der Waals surface area contributed by atoms with E-state index in [1.54, 1.807) is 6.92 Å². The maximum atomic E-state index is 9.96. The third kappa shape index (κ3) is 2.30. The third-order valence-electron chi connectivity index (χ3n) is 1.13. The number of hydrogen-bond acceptors (Lipinski definition) is 3. The monoisotopic (exact) mass is 151 g/mol. The summed E-state index contributed by atoms with van der Waals surface area (Å²) in [5, 5.41) is 6.98. The Morgan fingerprint density at radius 3 is 2.56 bits per heavy atom. The summed E-state index contributed by atoms with van der Waals surface area (Å²) in [6.45, 7) is 1.74. The van der Waals surface area contributed by atoms with Crippen LogP contribution in [0, 0.1) is 0 Å². The van der Waals surface area contributed by atoms with Gasteiger partial charge in [0, 0.05) is 0 Å². The molecule has 3 nitrogen and oxygen atoms in total. The molecule has 0 spiro atoms. The van der Waals surface area contributed by atoms with E-state index in [0.29, 0.717) is 6.42 Å². The Labute approximate surface area is 58.8 Å². The van der Waals surface area contributed by atoms with Gasteiger partial charge in [-0.15, -0.1) is 0 Å². The molecular formula is C5H10ClNO2. The van der Waals surface area contributed by atoms with E-state index in [1.807, 2.05) is 0 Å². The molecule has 4 heteroatoms. The minimum atomic E-state index is -1.88. The van der Waals surface area contributed by atoms with Crippen LogP contribution in [0.2, 0.25) is 0 Å². The van der Waals surface area contributed by atoms with E-state index >= 15 is 0 Å². The normalized spacial score (nSPS) is 20.4. The first-order valence-corrected chi connectivity index (χ1v) is 3.05. The molecule has 0 aliphatic carbocycles. The molecule has 2 atom stereocenters. The van der Waals surface area contributed by atoms with Crippen LogP contribution in [-0.2, 0) is 4.79 Å². The van der Waals surface area contributed by atoms with Crippen LogP contribution >= 0.6 is 11.6 Å². The average molecular weight is 152 g/mol. The van der Waals surface area contributed by atoms with Gasteiger partial charge in [0.05, 0.1) is 6.04 Å². The highest BCUT2D eigenvalue weighted by molar-refractivity contribution is 6.30. The summed E-state index contributed by atoms with van der Waals surface area (Å²) in [6, 6.07) is -0.684. The van der Waals surface area contributed by atoms with Crippen molar-refractivity contribution in [2.24, 2.45) is 5.73 Å². The molecular weight excluding hydrogens is 142 g/mol. The maximum absolute atomic E-state index is 9.96. The fourth-order valence-corrected chi connectivity index (χ4v) is 0.528. The Kier molecular flexibility index (Phi) is 3.11. The molecule has 2 unspecified atom stereocenters. The van der Waals surface area contributed by atoms with Crippen LogP contribution in [0.25, 0.3) is 0 Å². The molecule has 0 heterocycles. The predicted octanol–water partition coefficient (Wildman–Crippen LogP) is -0.150. The quantitative estimate of drug-likeness (QED) is 0.436. The molecule has 0 aromatic heterocycles. The summed E-state index contributed by atoms with van der Waals surface area (Å²) in [5.41, 5.74) is 5.25. The molecule has 0 aromatic rings. The number of aliphatic hydroxyl groups is 1. The van der Waals surface area contributed by atoms with Gasteiger partial charge in [-0.25, -0.2) is 0 Å².